The van der Waals surface area contributed by atoms with Crippen LogP contribution in [0, 0.1) is 0 Å². The summed E-state index contributed by atoms with van der Waals surface area (Å²) in [6, 6.07) is 12.1. The summed E-state index contributed by atoms with van der Waals surface area (Å²) in [5.74, 6) is 0.921. The van der Waals surface area contributed by atoms with Crippen molar-refractivity contribution in [2.75, 3.05) is 7.05 Å². The molecular formula is C17H17ClN2O. The van der Waals surface area contributed by atoms with Crippen molar-refractivity contribution in [1.82, 2.24) is 10.3 Å². The monoisotopic (exact) mass is 300 g/mol. The molecule has 21 heavy (non-hydrogen) atoms. The molecule has 1 aromatic carbocycles. The fourth-order valence-electron chi connectivity index (χ4n) is 2.51. The van der Waals surface area contributed by atoms with Crippen molar-refractivity contribution in [3.8, 4) is 0 Å². The van der Waals surface area contributed by atoms with E-state index < -0.39 is 0 Å². The number of furan rings is 1. The molecule has 0 saturated heterocycles. The molecule has 0 fully saturated rings. The number of pyridine rings is 1. The number of nitrogens with zero attached hydrogens (tertiary/aromatic N) is 1. The molecule has 0 radical (unpaired) electrons. The number of halogens is 1. The van der Waals surface area contributed by atoms with Crippen LogP contribution >= 0.6 is 11.6 Å². The van der Waals surface area contributed by atoms with Crippen LogP contribution in [0.2, 0.25) is 5.02 Å². The second-order valence-corrected chi connectivity index (χ2v) is 5.46. The summed E-state index contributed by atoms with van der Waals surface area (Å²) in [6.45, 7) is 0. The third-order valence-electron chi connectivity index (χ3n) is 3.65. The highest BCUT2D eigenvalue weighted by molar-refractivity contribution is 6.34. The normalized spacial score (nSPS) is 12.7. The fraction of sp³-hybridized carbons (Fsp3) is 0.235. The first kappa shape index (κ1) is 14.1. The molecule has 0 aliphatic rings. The lowest BCUT2D eigenvalue weighted by Gasteiger charge is -2.13. The van der Waals surface area contributed by atoms with Crippen LogP contribution in [0.5, 0.6) is 0 Å². The molecule has 3 aromatic rings. The molecule has 0 bridgehead atoms. The maximum Gasteiger partial charge on any atom is 0.152 e. The standard InChI is InChI=1S/C17H17ClN2O/c1-19-15(8-7-12-4-3-9-20-11-12)16-10-13-5-2-6-14(18)17(13)21-16/h2-6,9-11,15,19H,7-8H2,1H3. The molecule has 1 N–H and O–H groups in total. The Kier molecular flexibility index (Phi) is 4.23. The zero-order chi connectivity index (χ0) is 14.7. The number of rotatable bonds is 5. The van der Waals surface area contributed by atoms with Crippen LogP contribution in [-0.2, 0) is 6.42 Å². The lowest BCUT2D eigenvalue weighted by Crippen LogP contribution is -2.16. The van der Waals surface area contributed by atoms with Crippen LogP contribution in [0.15, 0.2) is 53.2 Å². The highest BCUT2D eigenvalue weighted by Gasteiger charge is 2.15. The van der Waals surface area contributed by atoms with Gasteiger partial charge >= 0.3 is 0 Å². The molecule has 2 aromatic heterocycles. The largest absolute Gasteiger partial charge is 0.458 e. The number of hydrogen-bond donors (Lipinski definition) is 1. The van der Waals surface area contributed by atoms with Gasteiger partial charge in [-0.05, 0) is 43.7 Å². The molecule has 3 nitrogen and oxygen atoms in total. The number of para-hydroxylation sites is 1. The van der Waals surface area contributed by atoms with Gasteiger partial charge in [0.1, 0.15) is 5.76 Å². The van der Waals surface area contributed by atoms with E-state index in [0.717, 1.165) is 29.6 Å². The highest BCUT2D eigenvalue weighted by Crippen LogP contribution is 2.30. The van der Waals surface area contributed by atoms with Gasteiger partial charge in [0.25, 0.3) is 0 Å². The molecule has 108 valence electrons. The molecule has 3 rings (SSSR count). The van der Waals surface area contributed by atoms with E-state index in [-0.39, 0.29) is 6.04 Å². The minimum Gasteiger partial charge on any atom is -0.458 e. The Bertz CT molecular complexity index is 724. The molecule has 0 aliphatic carbocycles. The van der Waals surface area contributed by atoms with Gasteiger partial charge < -0.3 is 9.73 Å². The van der Waals surface area contributed by atoms with Gasteiger partial charge in [0, 0.05) is 17.8 Å². The lowest BCUT2D eigenvalue weighted by molar-refractivity contribution is 0.433. The van der Waals surface area contributed by atoms with E-state index in [4.69, 9.17) is 16.0 Å². The van der Waals surface area contributed by atoms with E-state index in [0.29, 0.717) is 5.02 Å². The zero-order valence-electron chi connectivity index (χ0n) is 11.8. The number of benzene rings is 1. The van der Waals surface area contributed by atoms with Crippen LogP contribution in [0.4, 0.5) is 0 Å². The van der Waals surface area contributed by atoms with E-state index in [1.54, 1.807) is 6.20 Å². The fourth-order valence-corrected chi connectivity index (χ4v) is 2.73. The summed E-state index contributed by atoms with van der Waals surface area (Å²) in [5, 5.41) is 5.01. The van der Waals surface area contributed by atoms with E-state index >= 15 is 0 Å². The molecule has 4 heteroatoms. The number of aromatic nitrogens is 1. The Morgan fingerprint density at radius 3 is 2.90 bits per heavy atom. The summed E-state index contributed by atoms with van der Waals surface area (Å²) >= 11 is 6.17. The molecule has 0 saturated carbocycles. The van der Waals surface area contributed by atoms with Gasteiger partial charge in [-0.25, -0.2) is 0 Å². The molecule has 0 aliphatic heterocycles. The average molecular weight is 301 g/mol. The van der Waals surface area contributed by atoms with Crippen LogP contribution < -0.4 is 5.32 Å². The van der Waals surface area contributed by atoms with Gasteiger partial charge in [-0.2, -0.15) is 0 Å². The van der Waals surface area contributed by atoms with E-state index in [1.807, 2.05) is 37.5 Å². The SMILES string of the molecule is CNC(CCc1cccnc1)c1cc2cccc(Cl)c2o1. The molecule has 1 unspecified atom stereocenters. The first-order valence-corrected chi connectivity index (χ1v) is 7.40. The lowest BCUT2D eigenvalue weighted by atomic mass is 10.0. The molecular weight excluding hydrogens is 284 g/mol. The first-order chi connectivity index (χ1) is 10.3. The molecule has 1 atom stereocenters. The summed E-state index contributed by atoms with van der Waals surface area (Å²) in [6.07, 6.45) is 5.59. The number of hydrogen-bond acceptors (Lipinski definition) is 3. The second kappa shape index (κ2) is 6.29. The number of nitrogens with one attached hydrogen (secondary N) is 1. The third kappa shape index (κ3) is 3.09. The molecule has 2 heterocycles. The van der Waals surface area contributed by atoms with Gasteiger partial charge in [0.15, 0.2) is 5.58 Å². The minimum atomic E-state index is 0.161. The maximum absolute atomic E-state index is 6.17. The molecule has 0 amide bonds. The van der Waals surface area contributed by atoms with Gasteiger partial charge in [0.2, 0.25) is 0 Å². The van der Waals surface area contributed by atoms with Crippen LogP contribution in [0.1, 0.15) is 23.8 Å². The number of fused-ring (bicyclic) bond motifs is 1. The van der Waals surface area contributed by atoms with Crippen molar-refractivity contribution in [1.29, 1.82) is 0 Å². The second-order valence-electron chi connectivity index (χ2n) is 5.05. The van der Waals surface area contributed by atoms with Gasteiger partial charge in [-0.15, -0.1) is 0 Å². The number of aryl methyl sites for hydroxylation is 1. The summed E-state index contributed by atoms with van der Waals surface area (Å²) in [4.78, 5) is 4.15. The van der Waals surface area contributed by atoms with Gasteiger partial charge in [0.05, 0.1) is 11.1 Å². The van der Waals surface area contributed by atoms with Crippen molar-refractivity contribution in [2.45, 2.75) is 18.9 Å². The summed E-state index contributed by atoms with van der Waals surface area (Å²) < 4.78 is 5.93. The predicted molar refractivity (Wildman–Crippen MR) is 85.6 cm³/mol. The summed E-state index contributed by atoms with van der Waals surface area (Å²) in [7, 11) is 1.95. The smallest absolute Gasteiger partial charge is 0.152 e. The quantitative estimate of drug-likeness (QED) is 0.760. The van der Waals surface area contributed by atoms with Crippen molar-refractivity contribution >= 4 is 22.6 Å². The van der Waals surface area contributed by atoms with E-state index in [2.05, 4.69) is 22.4 Å². The van der Waals surface area contributed by atoms with E-state index in [9.17, 15) is 0 Å². The summed E-state index contributed by atoms with van der Waals surface area (Å²) in [5.41, 5.74) is 1.99. The first-order valence-electron chi connectivity index (χ1n) is 7.02. The van der Waals surface area contributed by atoms with Crippen molar-refractivity contribution < 1.29 is 4.42 Å². The van der Waals surface area contributed by atoms with Gasteiger partial charge in [-0.3, -0.25) is 4.98 Å². The van der Waals surface area contributed by atoms with Crippen LogP contribution in [0.25, 0.3) is 11.0 Å². The van der Waals surface area contributed by atoms with Crippen molar-refractivity contribution in [2.24, 2.45) is 0 Å². The zero-order valence-corrected chi connectivity index (χ0v) is 12.6. The Hall–Kier alpha value is -1.84. The van der Waals surface area contributed by atoms with Crippen molar-refractivity contribution in [3.05, 3.63) is 65.1 Å². The van der Waals surface area contributed by atoms with Gasteiger partial charge in [-0.1, -0.05) is 29.8 Å². The Morgan fingerprint density at radius 1 is 1.29 bits per heavy atom. The molecule has 0 spiro atoms. The Morgan fingerprint density at radius 2 is 2.19 bits per heavy atom. The topological polar surface area (TPSA) is 38.1 Å². The average Bonchev–Trinajstić information content (AvgIpc) is 2.94. The van der Waals surface area contributed by atoms with Crippen molar-refractivity contribution in [3.63, 3.8) is 0 Å². The Labute approximate surface area is 128 Å². The highest BCUT2D eigenvalue weighted by atomic mass is 35.5. The van der Waals surface area contributed by atoms with E-state index in [1.165, 1.54) is 5.56 Å². The maximum atomic E-state index is 6.17. The van der Waals surface area contributed by atoms with Crippen LogP contribution in [0.3, 0.4) is 0 Å². The minimum absolute atomic E-state index is 0.161. The van der Waals surface area contributed by atoms with Crippen LogP contribution in [-0.4, -0.2) is 12.0 Å². The predicted octanol–water partition coefficient (Wildman–Crippen LogP) is 4.37. The third-order valence-corrected chi connectivity index (χ3v) is 3.95. The Balaban J connectivity index is 1.80.